The van der Waals surface area contributed by atoms with Crippen molar-refractivity contribution in [2.75, 3.05) is 38.5 Å². The summed E-state index contributed by atoms with van der Waals surface area (Å²) < 4.78 is 31.1. The summed E-state index contributed by atoms with van der Waals surface area (Å²) in [5.41, 5.74) is 0. The van der Waals surface area contributed by atoms with E-state index < -0.39 is 10.0 Å². The van der Waals surface area contributed by atoms with Crippen molar-refractivity contribution >= 4 is 10.0 Å². The average molecular weight is 331 g/mol. The van der Waals surface area contributed by atoms with Gasteiger partial charge in [-0.2, -0.15) is 5.10 Å². The first-order valence-corrected chi connectivity index (χ1v) is 9.41. The molecule has 0 amide bonds. The summed E-state index contributed by atoms with van der Waals surface area (Å²) >= 11 is 0. The molecule has 0 saturated carbocycles. The van der Waals surface area contributed by atoms with Crippen molar-refractivity contribution in [3.8, 4) is 0 Å². The third-order valence-corrected chi connectivity index (χ3v) is 5.01. The van der Waals surface area contributed by atoms with Gasteiger partial charge in [0.2, 0.25) is 10.0 Å². The number of nitrogens with one attached hydrogen (secondary N) is 2. The maximum Gasteiger partial charge on any atom is 0.211 e. The highest BCUT2D eigenvalue weighted by Gasteiger charge is 2.25. The minimum absolute atomic E-state index is 0.107. The molecule has 0 bridgehead atoms. The molecule has 0 aliphatic carbocycles. The third kappa shape index (κ3) is 5.01. The molecule has 0 aromatic carbocycles. The predicted octanol–water partition coefficient (Wildman–Crippen LogP) is 0.0698. The summed E-state index contributed by atoms with van der Waals surface area (Å²) in [6.07, 6.45) is 1.74. The molecule has 8 nitrogen and oxygen atoms in total. The second kappa shape index (κ2) is 8.00. The van der Waals surface area contributed by atoms with Crippen LogP contribution in [0.1, 0.15) is 38.0 Å². The standard InChI is InChI=1S/C13H25N5O3S/c1-3-5-12-15-13(17-16-12)11-10-18(8-9-21-11)7-6-14-22(19,20)4-2/h11,14H,3-10H2,1-2H3,(H,15,16,17)/t11-/m0/s1. The average Bonchev–Trinajstić information content (AvgIpc) is 2.97. The maximum atomic E-state index is 11.4. The van der Waals surface area contributed by atoms with Crippen LogP contribution < -0.4 is 4.72 Å². The first-order valence-electron chi connectivity index (χ1n) is 7.76. The molecule has 2 rings (SSSR count). The van der Waals surface area contributed by atoms with Gasteiger partial charge in [0.15, 0.2) is 5.82 Å². The molecule has 0 unspecified atom stereocenters. The Hall–Kier alpha value is -1.03. The van der Waals surface area contributed by atoms with E-state index in [-0.39, 0.29) is 11.9 Å². The molecule has 1 aromatic heterocycles. The fourth-order valence-corrected chi connectivity index (χ4v) is 2.93. The Balaban J connectivity index is 1.83. The lowest BCUT2D eigenvalue weighted by Crippen LogP contribution is -2.43. The summed E-state index contributed by atoms with van der Waals surface area (Å²) in [4.78, 5) is 6.63. The van der Waals surface area contributed by atoms with Gasteiger partial charge < -0.3 is 4.74 Å². The summed E-state index contributed by atoms with van der Waals surface area (Å²) in [6, 6.07) is 0. The van der Waals surface area contributed by atoms with Crippen molar-refractivity contribution in [2.24, 2.45) is 0 Å². The molecule has 1 saturated heterocycles. The van der Waals surface area contributed by atoms with Gasteiger partial charge in [0.1, 0.15) is 11.9 Å². The predicted molar refractivity (Wildman–Crippen MR) is 83.0 cm³/mol. The number of hydrogen-bond acceptors (Lipinski definition) is 6. The molecule has 9 heteroatoms. The van der Waals surface area contributed by atoms with Gasteiger partial charge >= 0.3 is 0 Å². The summed E-state index contributed by atoms with van der Waals surface area (Å²) in [7, 11) is -3.13. The van der Waals surface area contributed by atoms with Crippen molar-refractivity contribution in [3.05, 3.63) is 11.6 Å². The SMILES string of the molecule is CCCc1nc([C@@H]2CN(CCNS(=O)(=O)CC)CCO2)n[nH]1. The van der Waals surface area contributed by atoms with Crippen molar-refractivity contribution < 1.29 is 13.2 Å². The fourth-order valence-electron chi connectivity index (χ4n) is 2.33. The van der Waals surface area contributed by atoms with E-state index in [4.69, 9.17) is 4.74 Å². The highest BCUT2D eigenvalue weighted by atomic mass is 32.2. The monoisotopic (exact) mass is 331 g/mol. The zero-order valence-corrected chi connectivity index (χ0v) is 14.0. The van der Waals surface area contributed by atoms with Crippen LogP contribution in [0.25, 0.3) is 0 Å². The van der Waals surface area contributed by atoms with E-state index in [9.17, 15) is 8.42 Å². The van der Waals surface area contributed by atoms with Crippen LogP contribution in [0.15, 0.2) is 0 Å². The van der Waals surface area contributed by atoms with Crippen LogP contribution in [0.5, 0.6) is 0 Å². The van der Waals surface area contributed by atoms with E-state index >= 15 is 0 Å². The molecule has 1 aliphatic rings. The lowest BCUT2D eigenvalue weighted by Gasteiger charge is -2.31. The van der Waals surface area contributed by atoms with Crippen LogP contribution >= 0.6 is 0 Å². The lowest BCUT2D eigenvalue weighted by molar-refractivity contribution is -0.0333. The largest absolute Gasteiger partial charge is 0.367 e. The summed E-state index contributed by atoms with van der Waals surface area (Å²) in [6.45, 7) is 6.86. The summed E-state index contributed by atoms with van der Waals surface area (Å²) in [5.74, 6) is 1.67. The van der Waals surface area contributed by atoms with Gasteiger partial charge in [-0.05, 0) is 13.3 Å². The Morgan fingerprint density at radius 3 is 3.00 bits per heavy atom. The van der Waals surface area contributed by atoms with Crippen molar-refractivity contribution in [2.45, 2.75) is 32.8 Å². The van der Waals surface area contributed by atoms with Gasteiger partial charge in [0, 0.05) is 32.6 Å². The second-order valence-electron chi connectivity index (χ2n) is 5.35. The number of aromatic amines is 1. The Bertz CT molecular complexity index is 560. The number of H-pyrrole nitrogens is 1. The number of aryl methyl sites for hydroxylation is 1. The summed E-state index contributed by atoms with van der Waals surface area (Å²) in [5, 5.41) is 7.16. The van der Waals surface area contributed by atoms with E-state index in [1.807, 2.05) is 0 Å². The molecule has 22 heavy (non-hydrogen) atoms. The smallest absolute Gasteiger partial charge is 0.211 e. The number of rotatable bonds is 8. The zero-order chi connectivity index (χ0) is 16.0. The zero-order valence-electron chi connectivity index (χ0n) is 13.2. The highest BCUT2D eigenvalue weighted by Crippen LogP contribution is 2.18. The van der Waals surface area contributed by atoms with Crippen LogP contribution in [-0.2, 0) is 21.2 Å². The Labute approximate surface area is 131 Å². The third-order valence-electron chi connectivity index (χ3n) is 3.60. The fraction of sp³-hybridized carbons (Fsp3) is 0.846. The molecule has 126 valence electrons. The maximum absolute atomic E-state index is 11.4. The molecule has 1 fully saturated rings. The number of aromatic nitrogens is 3. The highest BCUT2D eigenvalue weighted by molar-refractivity contribution is 7.89. The van der Waals surface area contributed by atoms with E-state index in [0.717, 1.165) is 25.2 Å². The Morgan fingerprint density at radius 2 is 2.27 bits per heavy atom. The molecular formula is C13H25N5O3S. The second-order valence-corrected chi connectivity index (χ2v) is 7.44. The van der Waals surface area contributed by atoms with Gasteiger partial charge in [-0.25, -0.2) is 18.1 Å². The van der Waals surface area contributed by atoms with Gasteiger partial charge in [-0.15, -0.1) is 0 Å². The van der Waals surface area contributed by atoms with Crippen molar-refractivity contribution in [3.63, 3.8) is 0 Å². The van der Waals surface area contributed by atoms with Crippen LogP contribution in [0.4, 0.5) is 0 Å². The first kappa shape index (κ1) is 17.3. The minimum Gasteiger partial charge on any atom is -0.367 e. The van der Waals surface area contributed by atoms with Crippen molar-refractivity contribution in [1.82, 2.24) is 24.8 Å². The number of hydrogen-bond donors (Lipinski definition) is 2. The molecule has 1 aromatic rings. The van der Waals surface area contributed by atoms with Crippen LogP contribution in [0.3, 0.4) is 0 Å². The van der Waals surface area contributed by atoms with Crippen LogP contribution in [0.2, 0.25) is 0 Å². The Kier molecular flexibility index (Phi) is 6.30. The molecule has 2 N–H and O–H groups in total. The molecule has 2 heterocycles. The van der Waals surface area contributed by atoms with Crippen molar-refractivity contribution in [1.29, 1.82) is 0 Å². The lowest BCUT2D eigenvalue weighted by atomic mass is 10.2. The van der Waals surface area contributed by atoms with E-state index in [2.05, 4.69) is 31.7 Å². The number of morpholine rings is 1. The van der Waals surface area contributed by atoms with E-state index in [1.165, 1.54) is 0 Å². The molecule has 0 radical (unpaired) electrons. The molecule has 1 atom stereocenters. The minimum atomic E-state index is -3.13. The topological polar surface area (TPSA) is 100 Å². The van der Waals surface area contributed by atoms with E-state index in [0.29, 0.717) is 32.1 Å². The van der Waals surface area contributed by atoms with E-state index in [1.54, 1.807) is 6.92 Å². The first-order chi connectivity index (χ1) is 10.5. The Morgan fingerprint density at radius 1 is 1.45 bits per heavy atom. The van der Waals surface area contributed by atoms with Crippen LogP contribution in [-0.4, -0.2) is 67.0 Å². The molecule has 0 spiro atoms. The van der Waals surface area contributed by atoms with Gasteiger partial charge in [-0.1, -0.05) is 6.92 Å². The van der Waals surface area contributed by atoms with Gasteiger partial charge in [0.05, 0.1) is 12.4 Å². The van der Waals surface area contributed by atoms with Crippen LogP contribution in [0, 0.1) is 0 Å². The van der Waals surface area contributed by atoms with Gasteiger partial charge in [0.25, 0.3) is 0 Å². The normalized spacial score (nSPS) is 20.4. The quantitative estimate of drug-likeness (QED) is 0.699. The number of nitrogens with zero attached hydrogens (tertiary/aromatic N) is 3. The number of ether oxygens (including phenoxy) is 1. The molecular weight excluding hydrogens is 306 g/mol. The molecule has 1 aliphatic heterocycles. The number of sulfonamides is 1. The van der Waals surface area contributed by atoms with Gasteiger partial charge in [-0.3, -0.25) is 10.00 Å².